The molecule has 2 aromatic rings. The van der Waals surface area contributed by atoms with Gasteiger partial charge < -0.3 is 9.88 Å². The lowest BCUT2D eigenvalue weighted by Crippen LogP contribution is -2.41. The summed E-state index contributed by atoms with van der Waals surface area (Å²) in [5, 5.41) is 2.62. The third-order valence-electron chi connectivity index (χ3n) is 5.18. The summed E-state index contributed by atoms with van der Waals surface area (Å²) in [6.45, 7) is 9.16. The van der Waals surface area contributed by atoms with Gasteiger partial charge in [0.05, 0.1) is 6.54 Å². The summed E-state index contributed by atoms with van der Waals surface area (Å²) in [5.41, 5.74) is 1.23. The number of halogens is 1. The highest BCUT2D eigenvalue weighted by molar-refractivity contribution is 6.11. The van der Waals surface area contributed by atoms with Gasteiger partial charge in [0.15, 0.2) is 5.78 Å². The van der Waals surface area contributed by atoms with Crippen molar-refractivity contribution in [1.82, 2.24) is 14.8 Å². The van der Waals surface area contributed by atoms with E-state index in [0.717, 1.165) is 16.3 Å². The Bertz CT molecular complexity index is 978. The van der Waals surface area contributed by atoms with E-state index in [9.17, 15) is 18.8 Å². The number of hydrogen-bond acceptors (Lipinski definition) is 3. The maximum Gasteiger partial charge on any atom is 0.325 e. The van der Waals surface area contributed by atoms with Gasteiger partial charge in [0.1, 0.15) is 11.4 Å². The highest BCUT2D eigenvalue weighted by Gasteiger charge is 2.49. The van der Waals surface area contributed by atoms with E-state index < -0.39 is 23.3 Å². The first kappa shape index (κ1) is 19.5. The number of rotatable bonds is 6. The quantitative estimate of drug-likeness (QED) is 0.473. The first-order chi connectivity index (χ1) is 13.2. The predicted octanol–water partition coefficient (Wildman–Crippen LogP) is 3.08. The van der Waals surface area contributed by atoms with Gasteiger partial charge >= 0.3 is 6.03 Å². The molecular formula is C21H22FN3O3. The fraction of sp³-hybridized carbons (Fsp3) is 0.286. The van der Waals surface area contributed by atoms with E-state index in [1.165, 1.54) is 24.3 Å². The van der Waals surface area contributed by atoms with Gasteiger partial charge in [-0.3, -0.25) is 14.5 Å². The van der Waals surface area contributed by atoms with Crippen LogP contribution in [0.25, 0.3) is 0 Å². The number of amides is 3. The number of ketones is 1. The normalized spacial score (nSPS) is 19.1. The molecule has 3 rings (SSSR count). The Kier molecular flexibility index (Phi) is 4.93. The molecule has 1 aliphatic rings. The Balaban J connectivity index is 1.85. The van der Waals surface area contributed by atoms with Crippen molar-refractivity contribution in [3.63, 3.8) is 0 Å². The molecule has 1 aromatic carbocycles. The Labute approximate surface area is 162 Å². The molecule has 1 aromatic heterocycles. The van der Waals surface area contributed by atoms with E-state index in [4.69, 9.17) is 0 Å². The number of imide groups is 1. The van der Waals surface area contributed by atoms with Crippen LogP contribution in [0.5, 0.6) is 0 Å². The highest BCUT2D eigenvalue weighted by Crippen LogP contribution is 2.29. The van der Waals surface area contributed by atoms with Crippen LogP contribution in [0, 0.1) is 19.7 Å². The third kappa shape index (κ3) is 3.13. The van der Waals surface area contributed by atoms with Gasteiger partial charge in [0.25, 0.3) is 5.91 Å². The molecule has 3 amide bonds. The molecule has 0 radical (unpaired) electrons. The van der Waals surface area contributed by atoms with Crippen LogP contribution in [0.2, 0.25) is 0 Å². The van der Waals surface area contributed by atoms with Gasteiger partial charge in [-0.2, -0.15) is 0 Å². The molecular weight excluding hydrogens is 361 g/mol. The number of nitrogens with one attached hydrogen (secondary N) is 1. The molecule has 2 heterocycles. The van der Waals surface area contributed by atoms with Gasteiger partial charge in [0, 0.05) is 23.5 Å². The molecule has 1 saturated heterocycles. The zero-order valence-electron chi connectivity index (χ0n) is 16.1. The van der Waals surface area contributed by atoms with Crippen molar-refractivity contribution in [3.8, 4) is 0 Å². The fourth-order valence-electron chi connectivity index (χ4n) is 3.54. The van der Waals surface area contributed by atoms with Crippen LogP contribution < -0.4 is 5.32 Å². The van der Waals surface area contributed by atoms with E-state index in [-0.39, 0.29) is 12.3 Å². The number of aryl methyl sites for hydroxylation is 1. The minimum Gasteiger partial charge on any atom is -0.345 e. The number of Topliss-reactive ketones (excluding diaryl/α,β-unsaturated/α-hetero) is 1. The fourth-order valence-corrected chi connectivity index (χ4v) is 3.54. The predicted molar refractivity (Wildman–Crippen MR) is 102 cm³/mol. The van der Waals surface area contributed by atoms with Crippen molar-refractivity contribution >= 4 is 17.7 Å². The Morgan fingerprint density at radius 1 is 1.25 bits per heavy atom. The second-order valence-corrected chi connectivity index (χ2v) is 7.06. The van der Waals surface area contributed by atoms with Crippen LogP contribution in [-0.4, -0.2) is 33.7 Å². The first-order valence-corrected chi connectivity index (χ1v) is 8.90. The van der Waals surface area contributed by atoms with Crippen LogP contribution in [0.3, 0.4) is 0 Å². The lowest BCUT2D eigenvalue weighted by molar-refractivity contribution is -0.130. The van der Waals surface area contributed by atoms with Crippen LogP contribution in [-0.2, 0) is 16.9 Å². The van der Waals surface area contributed by atoms with Crippen LogP contribution >= 0.6 is 0 Å². The largest absolute Gasteiger partial charge is 0.345 e. The number of nitrogens with zero attached hydrogens (tertiary/aromatic N) is 2. The summed E-state index contributed by atoms with van der Waals surface area (Å²) in [6, 6.07) is 6.44. The zero-order chi connectivity index (χ0) is 20.6. The summed E-state index contributed by atoms with van der Waals surface area (Å²) >= 11 is 0. The number of benzene rings is 1. The van der Waals surface area contributed by atoms with Crippen molar-refractivity contribution in [1.29, 1.82) is 0 Å². The number of carbonyl (C=O) groups is 3. The molecule has 0 bridgehead atoms. The molecule has 0 aliphatic carbocycles. The maximum atomic E-state index is 13.2. The number of allylic oxidation sites excluding steroid dienone is 1. The summed E-state index contributed by atoms with van der Waals surface area (Å²) in [4.78, 5) is 39.1. The average molecular weight is 383 g/mol. The van der Waals surface area contributed by atoms with E-state index in [1.54, 1.807) is 19.1 Å². The maximum absolute atomic E-state index is 13.2. The van der Waals surface area contributed by atoms with Crippen LogP contribution in [0.1, 0.15) is 34.2 Å². The van der Waals surface area contributed by atoms with Gasteiger partial charge in [-0.25, -0.2) is 9.18 Å². The number of carbonyl (C=O) groups excluding carboxylic acids is 3. The first-order valence-electron chi connectivity index (χ1n) is 8.90. The van der Waals surface area contributed by atoms with Gasteiger partial charge in [-0.15, -0.1) is 6.58 Å². The van der Waals surface area contributed by atoms with Crippen LogP contribution in [0.15, 0.2) is 43.0 Å². The van der Waals surface area contributed by atoms with E-state index in [2.05, 4.69) is 11.9 Å². The smallest absolute Gasteiger partial charge is 0.325 e. The molecule has 0 spiro atoms. The van der Waals surface area contributed by atoms with E-state index in [1.807, 2.05) is 18.4 Å². The molecule has 7 heteroatoms. The SMILES string of the molecule is C=CCn1c(C)cc(C(=O)CN2C(=O)NC(C)(c3ccc(F)cc3)C2=O)c1C. The molecule has 0 saturated carbocycles. The summed E-state index contributed by atoms with van der Waals surface area (Å²) in [7, 11) is 0. The third-order valence-corrected chi connectivity index (χ3v) is 5.18. The molecule has 6 nitrogen and oxygen atoms in total. The lowest BCUT2D eigenvalue weighted by atomic mass is 9.92. The minimum atomic E-state index is -1.34. The van der Waals surface area contributed by atoms with Gasteiger partial charge in [-0.05, 0) is 44.5 Å². The van der Waals surface area contributed by atoms with Crippen molar-refractivity contribution in [2.45, 2.75) is 32.9 Å². The minimum absolute atomic E-state index is 0.324. The number of aromatic nitrogens is 1. The Morgan fingerprint density at radius 3 is 2.50 bits per heavy atom. The molecule has 1 fully saturated rings. The van der Waals surface area contributed by atoms with Crippen molar-refractivity contribution in [2.75, 3.05) is 6.54 Å². The summed E-state index contributed by atoms with van der Waals surface area (Å²) in [6.07, 6.45) is 1.74. The van der Waals surface area contributed by atoms with Gasteiger partial charge in [-0.1, -0.05) is 18.2 Å². The lowest BCUT2D eigenvalue weighted by Gasteiger charge is -2.22. The number of urea groups is 1. The topological polar surface area (TPSA) is 71.4 Å². The Morgan fingerprint density at radius 2 is 1.89 bits per heavy atom. The Hall–Kier alpha value is -3.22. The van der Waals surface area contributed by atoms with Crippen LogP contribution in [0.4, 0.5) is 9.18 Å². The molecule has 1 N–H and O–H groups in total. The second-order valence-electron chi connectivity index (χ2n) is 7.06. The van der Waals surface area contributed by atoms with Crippen molar-refractivity contribution < 1.29 is 18.8 Å². The van der Waals surface area contributed by atoms with E-state index >= 15 is 0 Å². The summed E-state index contributed by atoms with van der Waals surface area (Å²) in [5.74, 6) is -1.31. The van der Waals surface area contributed by atoms with Crippen molar-refractivity contribution in [3.05, 3.63) is 71.3 Å². The zero-order valence-corrected chi connectivity index (χ0v) is 16.1. The van der Waals surface area contributed by atoms with Gasteiger partial charge in [0.2, 0.25) is 0 Å². The molecule has 146 valence electrons. The standard InChI is InChI=1S/C21H22FN3O3/c1-5-10-24-13(2)11-17(14(24)3)18(26)12-25-19(27)21(4,23-20(25)28)15-6-8-16(22)9-7-15/h5-9,11H,1,10,12H2,2-4H3,(H,23,28). The monoisotopic (exact) mass is 383 g/mol. The number of hydrogen-bond donors (Lipinski definition) is 1. The molecule has 1 aliphatic heterocycles. The summed E-state index contributed by atoms with van der Waals surface area (Å²) < 4.78 is 15.1. The average Bonchev–Trinajstić information content (AvgIpc) is 3.05. The molecule has 1 unspecified atom stereocenters. The second kappa shape index (κ2) is 7.07. The molecule has 28 heavy (non-hydrogen) atoms. The molecule has 1 atom stereocenters. The van der Waals surface area contributed by atoms with E-state index in [0.29, 0.717) is 17.7 Å². The van der Waals surface area contributed by atoms with Crippen molar-refractivity contribution in [2.24, 2.45) is 0 Å². The highest BCUT2D eigenvalue weighted by atomic mass is 19.1.